The SMILES string of the molecule is COc1ccc([C@@H]2C(=C(O)c3ccccc3)C(=O)C(=O)N2c2nc(C)c(C)s2)cc1. The molecule has 2 aromatic carbocycles. The minimum absolute atomic E-state index is 0.0434. The number of anilines is 1. The van der Waals surface area contributed by atoms with Gasteiger partial charge < -0.3 is 9.84 Å². The van der Waals surface area contributed by atoms with Crippen LogP contribution in [0.2, 0.25) is 0 Å². The number of carbonyl (C=O) groups excluding carboxylic acids is 2. The van der Waals surface area contributed by atoms with E-state index in [-0.39, 0.29) is 11.3 Å². The highest BCUT2D eigenvalue weighted by Crippen LogP contribution is 2.43. The lowest BCUT2D eigenvalue weighted by molar-refractivity contribution is -0.132. The van der Waals surface area contributed by atoms with Gasteiger partial charge in [-0.3, -0.25) is 14.5 Å². The predicted octanol–water partition coefficient (Wildman–Crippen LogP) is 4.39. The normalized spacial score (nSPS) is 18.1. The number of rotatable bonds is 4. The lowest BCUT2D eigenvalue weighted by atomic mass is 9.95. The van der Waals surface area contributed by atoms with Crippen LogP contribution in [0.15, 0.2) is 60.2 Å². The molecule has 2 heterocycles. The average molecular weight is 420 g/mol. The lowest BCUT2D eigenvalue weighted by Gasteiger charge is -2.23. The average Bonchev–Trinajstić information content (AvgIpc) is 3.23. The van der Waals surface area contributed by atoms with Gasteiger partial charge in [0.05, 0.1) is 24.4 Å². The Kier molecular flexibility index (Phi) is 5.13. The maximum absolute atomic E-state index is 13.1. The van der Waals surface area contributed by atoms with E-state index in [1.54, 1.807) is 55.6 Å². The fraction of sp³-hybridized carbons (Fsp3) is 0.174. The first-order valence-electron chi connectivity index (χ1n) is 9.36. The molecular weight excluding hydrogens is 400 g/mol. The quantitative estimate of drug-likeness (QED) is 0.385. The largest absolute Gasteiger partial charge is 0.507 e. The molecule has 0 bridgehead atoms. The second-order valence-corrected chi connectivity index (χ2v) is 8.13. The summed E-state index contributed by atoms with van der Waals surface area (Å²) >= 11 is 1.35. The smallest absolute Gasteiger partial charge is 0.301 e. The number of carbonyl (C=O) groups is 2. The molecule has 1 atom stereocenters. The summed E-state index contributed by atoms with van der Waals surface area (Å²) in [6.45, 7) is 3.78. The van der Waals surface area contributed by atoms with Crippen LogP contribution in [0.5, 0.6) is 5.75 Å². The summed E-state index contributed by atoms with van der Waals surface area (Å²) in [6.07, 6.45) is 0. The Labute approximate surface area is 178 Å². The Morgan fingerprint density at radius 1 is 1.07 bits per heavy atom. The van der Waals surface area contributed by atoms with Crippen molar-refractivity contribution in [2.75, 3.05) is 12.0 Å². The van der Waals surface area contributed by atoms with E-state index in [0.717, 1.165) is 10.6 Å². The molecule has 1 aromatic heterocycles. The Hall–Kier alpha value is -3.45. The fourth-order valence-corrected chi connectivity index (χ4v) is 4.38. The van der Waals surface area contributed by atoms with Gasteiger partial charge in [-0.25, -0.2) is 4.98 Å². The van der Waals surface area contributed by atoms with Crippen LogP contribution in [-0.4, -0.2) is 28.9 Å². The Bertz CT molecular complexity index is 1130. The first kappa shape index (κ1) is 19.8. The number of Topliss-reactive ketones (excluding diaryl/α,β-unsaturated/α-hetero) is 1. The summed E-state index contributed by atoms with van der Waals surface area (Å²) < 4.78 is 5.23. The van der Waals surface area contributed by atoms with Crippen LogP contribution in [0, 0.1) is 13.8 Å². The van der Waals surface area contributed by atoms with Crippen molar-refractivity contribution in [2.45, 2.75) is 19.9 Å². The number of aliphatic hydroxyl groups excluding tert-OH is 1. The van der Waals surface area contributed by atoms with Gasteiger partial charge in [0.25, 0.3) is 5.78 Å². The highest BCUT2D eigenvalue weighted by Gasteiger charge is 2.48. The van der Waals surface area contributed by atoms with Gasteiger partial charge in [-0.2, -0.15) is 0 Å². The number of aromatic nitrogens is 1. The van der Waals surface area contributed by atoms with Crippen LogP contribution in [0.1, 0.15) is 27.7 Å². The van der Waals surface area contributed by atoms with E-state index >= 15 is 0 Å². The van der Waals surface area contributed by atoms with Crippen molar-refractivity contribution in [2.24, 2.45) is 0 Å². The van der Waals surface area contributed by atoms with Gasteiger partial charge in [0, 0.05) is 10.4 Å². The van der Waals surface area contributed by atoms with Crippen LogP contribution >= 0.6 is 11.3 Å². The molecule has 0 unspecified atom stereocenters. The molecule has 1 amide bonds. The van der Waals surface area contributed by atoms with Gasteiger partial charge in [-0.1, -0.05) is 42.5 Å². The zero-order valence-corrected chi connectivity index (χ0v) is 17.6. The van der Waals surface area contributed by atoms with E-state index in [1.165, 1.54) is 16.2 Å². The molecule has 0 aliphatic carbocycles. The molecule has 0 spiro atoms. The number of aliphatic hydroxyl groups is 1. The number of ketones is 1. The molecule has 1 N–H and O–H groups in total. The molecule has 1 saturated heterocycles. The molecule has 6 nitrogen and oxygen atoms in total. The van der Waals surface area contributed by atoms with Crippen LogP contribution in [-0.2, 0) is 9.59 Å². The first-order chi connectivity index (χ1) is 14.4. The number of aryl methyl sites for hydroxylation is 2. The van der Waals surface area contributed by atoms with E-state index in [4.69, 9.17) is 4.74 Å². The van der Waals surface area contributed by atoms with E-state index in [1.807, 2.05) is 19.9 Å². The second kappa shape index (κ2) is 7.76. The number of amides is 1. The summed E-state index contributed by atoms with van der Waals surface area (Å²) in [4.78, 5) is 32.9. The molecule has 3 aromatic rings. The molecule has 1 aliphatic heterocycles. The molecular formula is C23H20N2O4S. The van der Waals surface area contributed by atoms with Gasteiger partial charge in [-0.05, 0) is 31.5 Å². The summed E-state index contributed by atoms with van der Waals surface area (Å²) in [5.74, 6) is -0.994. The molecule has 4 rings (SSSR count). The third-order valence-electron chi connectivity index (χ3n) is 5.15. The Balaban J connectivity index is 1.94. The van der Waals surface area contributed by atoms with E-state index in [2.05, 4.69) is 4.98 Å². The lowest BCUT2D eigenvalue weighted by Crippen LogP contribution is -2.29. The van der Waals surface area contributed by atoms with Crippen molar-refractivity contribution < 1.29 is 19.4 Å². The fourth-order valence-electron chi connectivity index (χ4n) is 3.44. The van der Waals surface area contributed by atoms with Crippen molar-refractivity contribution in [3.05, 3.63) is 81.9 Å². The molecule has 0 saturated carbocycles. The van der Waals surface area contributed by atoms with Crippen LogP contribution < -0.4 is 9.64 Å². The van der Waals surface area contributed by atoms with E-state index in [0.29, 0.717) is 22.0 Å². The summed E-state index contributed by atoms with van der Waals surface area (Å²) in [5, 5.41) is 11.4. The number of hydrogen-bond acceptors (Lipinski definition) is 6. The van der Waals surface area contributed by atoms with Gasteiger partial charge >= 0.3 is 5.91 Å². The molecule has 0 radical (unpaired) electrons. The highest BCUT2D eigenvalue weighted by atomic mass is 32.1. The number of methoxy groups -OCH3 is 1. The standard InChI is InChI=1S/C23H20N2O4S/c1-13-14(2)30-23(24-13)25-19(15-9-11-17(29-3)12-10-15)18(21(27)22(25)28)20(26)16-7-5-4-6-8-16/h4-12,19,26H,1-3H3/t19-/m1/s1. The van der Waals surface area contributed by atoms with Crippen molar-refractivity contribution in [1.29, 1.82) is 0 Å². The van der Waals surface area contributed by atoms with E-state index in [9.17, 15) is 14.7 Å². The summed E-state index contributed by atoms with van der Waals surface area (Å²) in [7, 11) is 1.57. The zero-order chi connectivity index (χ0) is 21.4. The van der Waals surface area contributed by atoms with Crippen LogP contribution in [0.3, 0.4) is 0 Å². The topological polar surface area (TPSA) is 79.7 Å². The summed E-state index contributed by atoms with van der Waals surface area (Å²) in [5.41, 5.74) is 1.99. The number of nitrogens with zero attached hydrogens (tertiary/aromatic N) is 2. The van der Waals surface area contributed by atoms with Crippen molar-refractivity contribution in [3.63, 3.8) is 0 Å². The van der Waals surface area contributed by atoms with Crippen molar-refractivity contribution in [3.8, 4) is 5.75 Å². The van der Waals surface area contributed by atoms with Gasteiger partial charge in [0.15, 0.2) is 5.13 Å². The number of hydrogen-bond donors (Lipinski definition) is 1. The number of ether oxygens (including phenoxy) is 1. The van der Waals surface area contributed by atoms with Gasteiger partial charge in [-0.15, -0.1) is 11.3 Å². The molecule has 152 valence electrons. The van der Waals surface area contributed by atoms with Crippen molar-refractivity contribution >= 4 is 33.9 Å². The molecule has 7 heteroatoms. The molecule has 30 heavy (non-hydrogen) atoms. The van der Waals surface area contributed by atoms with Gasteiger partial charge in [0.1, 0.15) is 11.5 Å². The third kappa shape index (κ3) is 3.27. The summed E-state index contributed by atoms with van der Waals surface area (Å²) in [6, 6.07) is 15.0. The third-order valence-corrected chi connectivity index (χ3v) is 6.22. The van der Waals surface area contributed by atoms with Crippen LogP contribution in [0.4, 0.5) is 5.13 Å². The van der Waals surface area contributed by atoms with Gasteiger partial charge in [0.2, 0.25) is 0 Å². The maximum Gasteiger partial charge on any atom is 0.301 e. The molecule has 1 fully saturated rings. The minimum atomic E-state index is -0.791. The monoisotopic (exact) mass is 420 g/mol. The number of thiazole rings is 1. The van der Waals surface area contributed by atoms with Crippen molar-refractivity contribution in [1.82, 2.24) is 4.98 Å². The minimum Gasteiger partial charge on any atom is -0.507 e. The number of benzene rings is 2. The highest BCUT2D eigenvalue weighted by molar-refractivity contribution is 7.16. The van der Waals surface area contributed by atoms with Crippen LogP contribution in [0.25, 0.3) is 5.76 Å². The molecule has 1 aliphatic rings. The zero-order valence-electron chi connectivity index (χ0n) is 16.7. The maximum atomic E-state index is 13.1. The first-order valence-corrected chi connectivity index (χ1v) is 10.2. The second-order valence-electron chi connectivity index (χ2n) is 6.95. The Morgan fingerprint density at radius 3 is 2.30 bits per heavy atom. The Morgan fingerprint density at radius 2 is 1.73 bits per heavy atom. The predicted molar refractivity (Wildman–Crippen MR) is 116 cm³/mol. The van der Waals surface area contributed by atoms with E-state index < -0.39 is 17.7 Å².